The third-order valence-corrected chi connectivity index (χ3v) is 1.61. The summed E-state index contributed by atoms with van der Waals surface area (Å²) in [6.45, 7) is 1.70. The van der Waals surface area contributed by atoms with E-state index in [9.17, 15) is 9.59 Å². The van der Waals surface area contributed by atoms with Crippen molar-refractivity contribution in [1.29, 1.82) is 0 Å². The number of carbonyl (C=O) groups is 2. The molecule has 4 nitrogen and oxygen atoms in total. The molecule has 0 aromatic carbocycles. The molecular formula is C7H9NO3. The van der Waals surface area contributed by atoms with Crippen LogP contribution in [0.4, 0.5) is 4.79 Å². The summed E-state index contributed by atoms with van der Waals surface area (Å²) in [5, 5.41) is 8.56. The number of carboxylic acid groups (broad SMARTS) is 1. The molecule has 0 aromatic rings. The molecule has 1 amide bonds. The van der Waals surface area contributed by atoms with Gasteiger partial charge in [0, 0.05) is 18.7 Å². The molecule has 1 atom stereocenters. The zero-order chi connectivity index (χ0) is 8.43. The SMILES string of the molecule is CC1CC(=O)C=CN1C(=O)O. The summed E-state index contributed by atoms with van der Waals surface area (Å²) >= 11 is 0. The van der Waals surface area contributed by atoms with Crippen molar-refractivity contribution in [1.82, 2.24) is 4.90 Å². The van der Waals surface area contributed by atoms with E-state index in [-0.39, 0.29) is 18.2 Å². The summed E-state index contributed by atoms with van der Waals surface area (Å²) in [7, 11) is 0. The second-order valence-corrected chi connectivity index (χ2v) is 2.53. The van der Waals surface area contributed by atoms with E-state index in [2.05, 4.69) is 0 Å². The van der Waals surface area contributed by atoms with E-state index in [0.29, 0.717) is 0 Å². The maximum Gasteiger partial charge on any atom is 0.411 e. The standard InChI is InChI=1S/C7H9NO3/c1-5-4-6(9)2-3-8(5)7(10)11/h2-3,5H,4H2,1H3,(H,10,11). The van der Waals surface area contributed by atoms with Gasteiger partial charge in [0.1, 0.15) is 0 Å². The van der Waals surface area contributed by atoms with Crippen molar-refractivity contribution in [3.8, 4) is 0 Å². The van der Waals surface area contributed by atoms with Crippen LogP contribution >= 0.6 is 0 Å². The molecule has 1 heterocycles. The summed E-state index contributed by atoms with van der Waals surface area (Å²) < 4.78 is 0. The van der Waals surface area contributed by atoms with Gasteiger partial charge in [0.25, 0.3) is 0 Å². The van der Waals surface area contributed by atoms with Crippen molar-refractivity contribution in [2.24, 2.45) is 0 Å². The number of hydrogen-bond donors (Lipinski definition) is 1. The monoisotopic (exact) mass is 155 g/mol. The molecule has 1 rings (SSSR count). The Bertz CT molecular complexity index is 222. The quantitative estimate of drug-likeness (QED) is 0.564. The molecule has 1 aliphatic heterocycles. The summed E-state index contributed by atoms with van der Waals surface area (Å²) in [5.41, 5.74) is 0. The highest BCUT2D eigenvalue weighted by Gasteiger charge is 2.22. The lowest BCUT2D eigenvalue weighted by Crippen LogP contribution is -2.37. The lowest BCUT2D eigenvalue weighted by atomic mass is 10.1. The Hall–Kier alpha value is -1.32. The highest BCUT2D eigenvalue weighted by Crippen LogP contribution is 2.11. The molecule has 0 aliphatic carbocycles. The zero-order valence-corrected chi connectivity index (χ0v) is 6.15. The Morgan fingerprint density at radius 1 is 1.82 bits per heavy atom. The Balaban J connectivity index is 2.76. The predicted octanol–water partition coefficient (Wildman–Crippen LogP) is 0.841. The van der Waals surface area contributed by atoms with Gasteiger partial charge in [0.2, 0.25) is 0 Å². The lowest BCUT2D eigenvalue weighted by Gasteiger charge is -2.24. The number of nitrogens with zero attached hydrogens (tertiary/aromatic N) is 1. The predicted molar refractivity (Wildman–Crippen MR) is 38.1 cm³/mol. The molecule has 0 bridgehead atoms. The number of hydrogen-bond acceptors (Lipinski definition) is 2. The van der Waals surface area contributed by atoms with Gasteiger partial charge in [0.15, 0.2) is 5.78 Å². The van der Waals surface area contributed by atoms with Crippen LogP contribution in [0.3, 0.4) is 0 Å². The number of carbonyl (C=O) groups excluding carboxylic acids is 1. The van der Waals surface area contributed by atoms with E-state index in [0.717, 1.165) is 4.90 Å². The molecule has 11 heavy (non-hydrogen) atoms. The first-order valence-electron chi connectivity index (χ1n) is 3.33. The van der Waals surface area contributed by atoms with E-state index in [1.165, 1.54) is 12.3 Å². The fourth-order valence-corrected chi connectivity index (χ4v) is 1.02. The second kappa shape index (κ2) is 2.74. The smallest absolute Gasteiger partial charge is 0.411 e. The fraction of sp³-hybridized carbons (Fsp3) is 0.429. The minimum Gasteiger partial charge on any atom is -0.465 e. The number of ketones is 1. The van der Waals surface area contributed by atoms with Gasteiger partial charge in [-0.15, -0.1) is 0 Å². The third-order valence-electron chi connectivity index (χ3n) is 1.61. The van der Waals surface area contributed by atoms with Gasteiger partial charge in [-0.1, -0.05) is 0 Å². The van der Waals surface area contributed by atoms with Gasteiger partial charge >= 0.3 is 6.09 Å². The molecule has 1 unspecified atom stereocenters. The molecule has 1 aliphatic rings. The van der Waals surface area contributed by atoms with Crippen molar-refractivity contribution in [2.45, 2.75) is 19.4 Å². The van der Waals surface area contributed by atoms with Crippen LogP contribution in [0.15, 0.2) is 12.3 Å². The van der Waals surface area contributed by atoms with Crippen LogP contribution in [0.25, 0.3) is 0 Å². The molecule has 4 heteroatoms. The molecule has 60 valence electrons. The fourth-order valence-electron chi connectivity index (χ4n) is 1.02. The van der Waals surface area contributed by atoms with E-state index in [4.69, 9.17) is 5.11 Å². The molecular weight excluding hydrogens is 146 g/mol. The second-order valence-electron chi connectivity index (χ2n) is 2.53. The Kier molecular flexibility index (Phi) is 1.94. The normalized spacial score (nSPS) is 23.9. The zero-order valence-electron chi connectivity index (χ0n) is 6.15. The van der Waals surface area contributed by atoms with E-state index in [1.54, 1.807) is 6.92 Å². The number of allylic oxidation sites excluding steroid dienone is 1. The van der Waals surface area contributed by atoms with E-state index >= 15 is 0 Å². The van der Waals surface area contributed by atoms with Crippen LogP contribution in [0.5, 0.6) is 0 Å². The van der Waals surface area contributed by atoms with Crippen LogP contribution in [0.1, 0.15) is 13.3 Å². The molecule has 0 saturated heterocycles. The van der Waals surface area contributed by atoms with Crippen molar-refractivity contribution in [2.75, 3.05) is 0 Å². The maximum absolute atomic E-state index is 10.7. The van der Waals surface area contributed by atoms with Crippen molar-refractivity contribution in [3.05, 3.63) is 12.3 Å². The summed E-state index contributed by atoms with van der Waals surface area (Å²) in [6, 6.07) is -0.231. The van der Waals surface area contributed by atoms with Crippen molar-refractivity contribution >= 4 is 11.9 Å². The molecule has 0 saturated carbocycles. The van der Waals surface area contributed by atoms with Gasteiger partial charge in [-0.2, -0.15) is 0 Å². The summed E-state index contributed by atoms with van der Waals surface area (Å²) in [4.78, 5) is 22.3. The molecule has 0 fully saturated rings. The molecule has 0 spiro atoms. The van der Waals surface area contributed by atoms with Crippen LogP contribution < -0.4 is 0 Å². The van der Waals surface area contributed by atoms with Gasteiger partial charge in [-0.05, 0) is 13.0 Å². The first-order chi connectivity index (χ1) is 5.11. The topological polar surface area (TPSA) is 57.6 Å². The number of amides is 1. The van der Waals surface area contributed by atoms with E-state index < -0.39 is 6.09 Å². The van der Waals surface area contributed by atoms with Gasteiger partial charge < -0.3 is 5.11 Å². The highest BCUT2D eigenvalue weighted by molar-refractivity contribution is 5.92. The highest BCUT2D eigenvalue weighted by atomic mass is 16.4. The van der Waals surface area contributed by atoms with Crippen LogP contribution in [-0.4, -0.2) is 27.9 Å². The first kappa shape index (κ1) is 7.78. The van der Waals surface area contributed by atoms with Crippen LogP contribution in [0.2, 0.25) is 0 Å². The van der Waals surface area contributed by atoms with Crippen molar-refractivity contribution in [3.63, 3.8) is 0 Å². The summed E-state index contributed by atoms with van der Waals surface area (Å²) in [6.07, 6.45) is 1.86. The maximum atomic E-state index is 10.7. The van der Waals surface area contributed by atoms with Crippen LogP contribution in [-0.2, 0) is 4.79 Å². The minimum absolute atomic E-state index is 0.0185. The average molecular weight is 155 g/mol. The van der Waals surface area contributed by atoms with E-state index in [1.807, 2.05) is 0 Å². The average Bonchev–Trinajstić information content (AvgIpc) is 1.85. The minimum atomic E-state index is -1.01. The third kappa shape index (κ3) is 1.58. The number of rotatable bonds is 0. The Morgan fingerprint density at radius 2 is 2.45 bits per heavy atom. The molecule has 0 radical (unpaired) electrons. The van der Waals surface area contributed by atoms with Crippen molar-refractivity contribution < 1.29 is 14.7 Å². The molecule has 1 N–H and O–H groups in total. The first-order valence-corrected chi connectivity index (χ1v) is 3.33. The largest absolute Gasteiger partial charge is 0.465 e. The Morgan fingerprint density at radius 3 is 2.91 bits per heavy atom. The Labute approximate surface area is 64.1 Å². The summed E-state index contributed by atoms with van der Waals surface area (Å²) in [5.74, 6) is -0.0185. The lowest BCUT2D eigenvalue weighted by molar-refractivity contribution is -0.115. The van der Waals surface area contributed by atoms with Gasteiger partial charge in [-0.3, -0.25) is 9.69 Å². The van der Waals surface area contributed by atoms with Crippen LogP contribution in [0, 0.1) is 0 Å². The molecule has 0 aromatic heterocycles. The van der Waals surface area contributed by atoms with Gasteiger partial charge in [0.05, 0.1) is 0 Å². The van der Waals surface area contributed by atoms with Gasteiger partial charge in [-0.25, -0.2) is 4.79 Å².